The molecule has 0 saturated carbocycles. The van der Waals surface area contributed by atoms with E-state index < -0.39 is 5.38 Å². The second-order valence-corrected chi connectivity index (χ2v) is 4.99. The number of benzene rings is 1. The van der Waals surface area contributed by atoms with E-state index in [2.05, 4.69) is 0 Å². The zero-order valence-corrected chi connectivity index (χ0v) is 11.2. The Bertz CT molecular complexity index is 436. The molecule has 0 fully saturated rings. The standard InChI is InChI=1S/C13H16ClNO3/c1-9(14)13(16)15(2)7-10-8-17-11-5-3-4-6-12(11)18-10/h3-6,9-10H,7-8H2,1-2H3/t9-,10+/m1/s1. The molecule has 0 saturated heterocycles. The number of hydrogen-bond donors (Lipinski definition) is 0. The summed E-state index contributed by atoms with van der Waals surface area (Å²) in [5, 5.41) is -0.521. The monoisotopic (exact) mass is 269 g/mol. The SMILES string of the molecule is C[C@@H](Cl)C(=O)N(C)C[C@H]1COc2ccccc2O1. The van der Waals surface area contributed by atoms with Crippen LogP contribution in [0.2, 0.25) is 0 Å². The minimum atomic E-state index is -0.521. The van der Waals surface area contributed by atoms with Crippen LogP contribution in [0.5, 0.6) is 11.5 Å². The zero-order valence-electron chi connectivity index (χ0n) is 10.4. The van der Waals surface area contributed by atoms with Gasteiger partial charge in [0.25, 0.3) is 0 Å². The first-order valence-electron chi connectivity index (χ1n) is 5.85. The molecule has 1 aromatic rings. The molecule has 1 aliphatic rings. The molecule has 98 valence electrons. The summed E-state index contributed by atoms with van der Waals surface area (Å²) in [6, 6.07) is 7.50. The van der Waals surface area contributed by atoms with Crippen molar-refractivity contribution in [1.82, 2.24) is 4.90 Å². The summed E-state index contributed by atoms with van der Waals surface area (Å²) in [7, 11) is 1.71. The van der Waals surface area contributed by atoms with Gasteiger partial charge in [-0.3, -0.25) is 4.79 Å². The third kappa shape index (κ3) is 2.88. The van der Waals surface area contributed by atoms with Crippen molar-refractivity contribution < 1.29 is 14.3 Å². The van der Waals surface area contributed by atoms with Gasteiger partial charge in [0.05, 0.1) is 6.54 Å². The Hall–Kier alpha value is -1.42. The summed E-state index contributed by atoms with van der Waals surface area (Å²) in [6.07, 6.45) is -0.163. The van der Waals surface area contributed by atoms with Crippen LogP contribution in [-0.2, 0) is 4.79 Å². The summed E-state index contributed by atoms with van der Waals surface area (Å²) in [5.41, 5.74) is 0. The number of nitrogens with zero attached hydrogens (tertiary/aromatic N) is 1. The largest absolute Gasteiger partial charge is 0.486 e. The maximum absolute atomic E-state index is 11.7. The summed E-state index contributed by atoms with van der Waals surface area (Å²) >= 11 is 5.76. The highest BCUT2D eigenvalue weighted by Gasteiger charge is 2.24. The number of ether oxygens (including phenoxy) is 2. The van der Waals surface area contributed by atoms with Gasteiger partial charge in [-0.1, -0.05) is 12.1 Å². The second-order valence-electron chi connectivity index (χ2n) is 4.33. The third-order valence-electron chi connectivity index (χ3n) is 2.76. The Kier molecular flexibility index (Phi) is 3.97. The lowest BCUT2D eigenvalue weighted by atomic mass is 10.2. The molecule has 5 heteroatoms. The fraction of sp³-hybridized carbons (Fsp3) is 0.462. The second kappa shape index (κ2) is 5.48. The fourth-order valence-corrected chi connectivity index (χ4v) is 2.02. The average Bonchev–Trinajstić information content (AvgIpc) is 2.37. The number of halogens is 1. The molecule has 1 aromatic carbocycles. The van der Waals surface area contributed by atoms with Gasteiger partial charge in [-0.25, -0.2) is 0 Å². The van der Waals surface area contributed by atoms with E-state index in [1.165, 1.54) is 0 Å². The maximum Gasteiger partial charge on any atom is 0.240 e. The first-order valence-corrected chi connectivity index (χ1v) is 6.29. The van der Waals surface area contributed by atoms with Gasteiger partial charge >= 0.3 is 0 Å². The third-order valence-corrected chi connectivity index (χ3v) is 2.95. The first-order chi connectivity index (χ1) is 8.58. The molecule has 0 radical (unpaired) electrons. The molecule has 2 atom stereocenters. The van der Waals surface area contributed by atoms with Crippen molar-refractivity contribution in [3.05, 3.63) is 24.3 Å². The lowest BCUT2D eigenvalue weighted by molar-refractivity contribution is -0.130. The van der Waals surface area contributed by atoms with Crippen LogP contribution in [-0.4, -0.2) is 42.5 Å². The smallest absolute Gasteiger partial charge is 0.240 e. The van der Waals surface area contributed by atoms with Crippen LogP contribution in [0.1, 0.15) is 6.92 Å². The molecule has 1 aliphatic heterocycles. The highest BCUT2D eigenvalue weighted by atomic mass is 35.5. The van der Waals surface area contributed by atoms with Crippen LogP contribution in [0.4, 0.5) is 0 Å². The zero-order chi connectivity index (χ0) is 13.1. The van der Waals surface area contributed by atoms with E-state index in [0.717, 1.165) is 5.75 Å². The van der Waals surface area contributed by atoms with Crippen molar-refractivity contribution in [3.8, 4) is 11.5 Å². The van der Waals surface area contributed by atoms with Crippen LogP contribution >= 0.6 is 11.6 Å². The molecule has 0 spiro atoms. The van der Waals surface area contributed by atoms with Gasteiger partial charge in [0, 0.05) is 7.05 Å². The van der Waals surface area contributed by atoms with Crippen LogP contribution in [0, 0.1) is 0 Å². The molecule has 2 rings (SSSR count). The Morgan fingerprint density at radius 2 is 2.17 bits per heavy atom. The number of amides is 1. The van der Waals surface area contributed by atoms with E-state index in [-0.39, 0.29) is 12.0 Å². The molecule has 0 aromatic heterocycles. The van der Waals surface area contributed by atoms with Crippen molar-refractivity contribution in [1.29, 1.82) is 0 Å². The van der Waals surface area contributed by atoms with Gasteiger partial charge in [0.2, 0.25) is 5.91 Å². The lowest BCUT2D eigenvalue weighted by Crippen LogP contribution is -2.43. The predicted molar refractivity (Wildman–Crippen MR) is 69.3 cm³/mol. The Balaban J connectivity index is 1.96. The van der Waals surface area contributed by atoms with E-state index in [1.807, 2.05) is 24.3 Å². The van der Waals surface area contributed by atoms with E-state index in [1.54, 1.807) is 18.9 Å². The van der Waals surface area contributed by atoms with Gasteiger partial charge in [-0.05, 0) is 19.1 Å². The van der Waals surface area contributed by atoms with Gasteiger partial charge in [-0.2, -0.15) is 0 Å². The van der Waals surface area contributed by atoms with E-state index in [4.69, 9.17) is 21.1 Å². The number of fused-ring (bicyclic) bond motifs is 1. The van der Waals surface area contributed by atoms with Crippen molar-refractivity contribution in [2.24, 2.45) is 0 Å². The van der Waals surface area contributed by atoms with Gasteiger partial charge in [-0.15, -0.1) is 11.6 Å². The molecule has 0 bridgehead atoms. The van der Waals surface area contributed by atoms with Gasteiger partial charge in [0.15, 0.2) is 17.6 Å². The number of para-hydroxylation sites is 2. The van der Waals surface area contributed by atoms with Crippen molar-refractivity contribution >= 4 is 17.5 Å². The van der Waals surface area contributed by atoms with Crippen molar-refractivity contribution in [3.63, 3.8) is 0 Å². The first kappa shape index (κ1) is 13.0. The van der Waals surface area contributed by atoms with Crippen molar-refractivity contribution in [2.75, 3.05) is 20.2 Å². The van der Waals surface area contributed by atoms with E-state index in [9.17, 15) is 4.79 Å². The molecular formula is C13H16ClNO3. The normalized spacial score (nSPS) is 19.2. The number of hydrogen-bond acceptors (Lipinski definition) is 3. The fourth-order valence-electron chi connectivity index (χ4n) is 1.85. The summed E-state index contributed by atoms with van der Waals surface area (Å²) in [6.45, 7) is 2.56. The summed E-state index contributed by atoms with van der Waals surface area (Å²) in [4.78, 5) is 13.2. The molecule has 4 nitrogen and oxygen atoms in total. The van der Waals surface area contributed by atoms with E-state index in [0.29, 0.717) is 18.9 Å². The van der Waals surface area contributed by atoms with Crippen LogP contribution in [0.15, 0.2) is 24.3 Å². The molecular weight excluding hydrogens is 254 g/mol. The predicted octanol–water partition coefficient (Wildman–Crippen LogP) is 1.91. The minimum Gasteiger partial charge on any atom is -0.486 e. The topological polar surface area (TPSA) is 38.8 Å². The highest BCUT2D eigenvalue weighted by Crippen LogP contribution is 2.30. The molecule has 0 aliphatic carbocycles. The van der Waals surface area contributed by atoms with Crippen molar-refractivity contribution in [2.45, 2.75) is 18.4 Å². The number of rotatable bonds is 3. The molecule has 0 unspecified atom stereocenters. The molecule has 1 heterocycles. The van der Waals surface area contributed by atoms with Crippen LogP contribution in [0.3, 0.4) is 0 Å². The number of alkyl halides is 1. The van der Waals surface area contributed by atoms with Gasteiger partial charge in [0.1, 0.15) is 12.0 Å². The average molecular weight is 270 g/mol. The number of likely N-dealkylation sites (N-methyl/N-ethyl adjacent to an activating group) is 1. The Labute approximate surface area is 111 Å². The number of carbonyl (C=O) groups excluding carboxylic acids is 1. The maximum atomic E-state index is 11.7. The highest BCUT2D eigenvalue weighted by molar-refractivity contribution is 6.30. The Morgan fingerprint density at radius 3 is 2.83 bits per heavy atom. The van der Waals surface area contributed by atoms with Crippen LogP contribution < -0.4 is 9.47 Å². The van der Waals surface area contributed by atoms with Gasteiger partial charge < -0.3 is 14.4 Å². The number of carbonyl (C=O) groups is 1. The quantitative estimate of drug-likeness (QED) is 0.787. The Morgan fingerprint density at radius 1 is 1.50 bits per heavy atom. The summed E-state index contributed by atoms with van der Waals surface area (Å²) < 4.78 is 11.4. The molecule has 18 heavy (non-hydrogen) atoms. The van der Waals surface area contributed by atoms with E-state index >= 15 is 0 Å². The molecule has 1 amide bonds. The summed E-state index contributed by atoms with van der Waals surface area (Å²) in [5.74, 6) is 1.35. The molecule has 0 N–H and O–H groups in total. The lowest BCUT2D eigenvalue weighted by Gasteiger charge is -2.30. The van der Waals surface area contributed by atoms with Crippen LogP contribution in [0.25, 0.3) is 0 Å². The minimum absolute atomic E-state index is 0.112.